The van der Waals surface area contributed by atoms with Gasteiger partial charge >= 0.3 is 0 Å². The zero-order valence-electron chi connectivity index (χ0n) is 16.4. The van der Waals surface area contributed by atoms with Crippen LogP contribution in [0.2, 0.25) is 0 Å². The molecule has 0 amide bonds. The first-order valence-corrected chi connectivity index (χ1v) is 9.83. The van der Waals surface area contributed by atoms with E-state index in [9.17, 15) is 10.1 Å². The van der Waals surface area contributed by atoms with Crippen LogP contribution >= 0.6 is 0 Å². The minimum atomic E-state index is -0.408. The molecule has 6 heteroatoms. The molecule has 2 N–H and O–H groups in total. The number of nitro groups is 1. The first-order valence-electron chi connectivity index (χ1n) is 9.83. The van der Waals surface area contributed by atoms with Crippen molar-refractivity contribution in [1.29, 1.82) is 0 Å². The SMILES string of the molecule is O=[N+]([O-])c1ccccc1Nc1ccc2c(n1)[nH]c1ccc(/C=C/c3ccccc3)cc12. The average Bonchev–Trinajstić information content (AvgIpc) is 3.15. The number of aromatic amines is 1. The van der Waals surface area contributed by atoms with Crippen LogP contribution < -0.4 is 5.32 Å². The molecular weight excluding hydrogens is 388 g/mol. The van der Waals surface area contributed by atoms with Crippen molar-refractivity contribution >= 4 is 51.3 Å². The Labute approximate surface area is 178 Å². The average molecular weight is 406 g/mol. The number of nitrogens with one attached hydrogen (secondary N) is 2. The number of anilines is 2. The second-order valence-electron chi connectivity index (χ2n) is 7.17. The Morgan fingerprint density at radius 1 is 0.839 bits per heavy atom. The molecule has 0 atom stereocenters. The minimum Gasteiger partial charge on any atom is -0.339 e. The lowest BCUT2D eigenvalue weighted by Crippen LogP contribution is -1.98. The lowest BCUT2D eigenvalue weighted by molar-refractivity contribution is -0.383. The molecule has 0 aliphatic carbocycles. The Bertz CT molecular complexity index is 1440. The van der Waals surface area contributed by atoms with Gasteiger partial charge in [0.05, 0.1) is 4.92 Å². The second-order valence-corrected chi connectivity index (χ2v) is 7.17. The number of fused-ring (bicyclic) bond motifs is 3. The van der Waals surface area contributed by atoms with Crippen LogP contribution in [0.4, 0.5) is 17.2 Å². The number of H-pyrrole nitrogens is 1. The van der Waals surface area contributed by atoms with Gasteiger partial charge in [0.2, 0.25) is 0 Å². The summed E-state index contributed by atoms with van der Waals surface area (Å²) in [6, 6.07) is 26.7. The van der Waals surface area contributed by atoms with Crippen LogP contribution in [-0.4, -0.2) is 14.9 Å². The van der Waals surface area contributed by atoms with Gasteiger partial charge in [-0.2, -0.15) is 0 Å². The molecule has 0 radical (unpaired) electrons. The predicted molar refractivity (Wildman–Crippen MR) is 125 cm³/mol. The van der Waals surface area contributed by atoms with Gasteiger partial charge in [-0.1, -0.05) is 60.7 Å². The van der Waals surface area contributed by atoms with E-state index in [1.54, 1.807) is 18.2 Å². The normalized spacial score (nSPS) is 11.4. The fraction of sp³-hybridized carbons (Fsp3) is 0. The van der Waals surface area contributed by atoms with Crippen LogP contribution in [0, 0.1) is 10.1 Å². The maximum atomic E-state index is 11.3. The number of para-hydroxylation sites is 2. The summed E-state index contributed by atoms with van der Waals surface area (Å²) in [7, 11) is 0. The van der Waals surface area contributed by atoms with Crippen LogP contribution in [0.3, 0.4) is 0 Å². The van der Waals surface area contributed by atoms with Gasteiger partial charge in [-0.15, -0.1) is 0 Å². The number of rotatable bonds is 5. The quantitative estimate of drug-likeness (QED) is 0.197. The van der Waals surface area contributed by atoms with Crippen molar-refractivity contribution in [2.24, 2.45) is 0 Å². The zero-order valence-corrected chi connectivity index (χ0v) is 16.4. The Balaban J connectivity index is 1.48. The largest absolute Gasteiger partial charge is 0.339 e. The number of nitrogens with zero attached hydrogens (tertiary/aromatic N) is 2. The first-order chi connectivity index (χ1) is 15.2. The van der Waals surface area contributed by atoms with Gasteiger partial charge in [0.1, 0.15) is 17.2 Å². The lowest BCUT2D eigenvalue weighted by Gasteiger charge is -2.06. The summed E-state index contributed by atoms with van der Waals surface area (Å²) in [4.78, 5) is 18.8. The molecule has 31 heavy (non-hydrogen) atoms. The summed E-state index contributed by atoms with van der Waals surface area (Å²) >= 11 is 0. The Morgan fingerprint density at radius 2 is 1.61 bits per heavy atom. The number of hydrogen-bond donors (Lipinski definition) is 2. The standard InChI is InChI=1S/C25H18N4O2/c30-29(31)23-9-5-4-8-22(23)26-24-15-13-19-20-16-18(11-10-17-6-2-1-3-7-17)12-14-21(20)27-25(19)28-24/h1-16H,(H2,26,27,28)/b11-10+. The van der Waals surface area contributed by atoms with Gasteiger partial charge in [0.25, 0.3) is 5.69 Å². The minimum absolute atomic E-state index is 0.0101. The van der Waals surface area contributed by atoms with E-state index in [2.05, 4.69) is 51.7 Å². The third-order valence-electron chi connectivity index (χ3n) is 5.11. The molecule has 6 nitrogen and oxygen atoms in total. The van der Waals surface area contributed by atoms with E-state index in [-0.39, 0.29) is 5.69 Å². The van der Waals surface area contributed by atoms with Gasteiger partial charge in [0, 0.05) is 22.4 Å². The topological polar surface area (TPSA) is 83.8 Å². The Kier molecular flexibility index (Phi) is 4.65. The van der Waals surface area contributed by atoms with Crippen LogP contribution in [0.15, 0.2) is 84.9 Å². The highest BCUT2D eigenvalue weighted by molar-refractivity contribution is 6.07. The summed E-state index contributed by atoms with van der Waals surface area (Å²) in [5.41, 5.74) is 4.37. The number of benzene rings is 3. The molecule has 5 aromatic rings. The molecule has 0 fully saturated rings. The smallest absolute Gasteiger partial charge is 0.292 e. The van der Waals surface area contributed by atoms with Crippen molar-refractivity contribution < 1.29 is 4.92 Å². The number of hydrogen-bond acceptors (Lipinski definition) is 4. The zero-order chi connectivity index (χ0) is 21.2. The van der Waals surface area contributed by atoms with Crippen molar-refractivity contribution in [2.45, 2.75) is 0 Å². The van der Waals surface area contributed by atoms with Gasteiger partial charge in [0.15, 0.2) is 0 Å². The molecule has 0 saturated heterocycles. The summed E-state index contributed by atoms with van der Waals surface area (Å²) in [6.07, 6.45) is 4.18. The molecule has 0 saturated carbocycles. The van der Waals surface area contributed by atoms with Crippen LogP contribution in [0.1, 0.15) is 11.1 Å². The van der Waals surface area contributed by atoms with E-state index in [1.165, 1.54) is 6.07 Å². The number of aromatic nitrogens is 2. The van der Waals surface area contributed by atoms with Crippen LogP contribution in [-0.2, 0) is 0 Å². The monoisotopic (exact) mass is 406 g/mol. The molecule has 5 rings (SSSR count). The molecule has 0 bridgehead atoms. The van der Waals surface area contributed by atoms with Crippen molar-refractivity contribution in [3.05, 3.63) is 106 Å². The first kappa shape index (κ1) is 18.6. The molecule has 0 unspecified atom stereocenters. The van der Waals surface area contributed by atoms with Gasteiger partial charge in [-0.05, 0) is 41.5 Å². The van der Waals surface area contributed by atoms with E-state index >= 15 is 0 Å². The summed E-state index contributed by atoms with van der Waals surface area (Å²) < 4.78 is 0. The fourth-order valence-corrected chi connectivity index (χ4v) is 3.60. The molecule has 150 valence electrons. The van der Waals surface area contributed by atoms with Crippen LogP contribution in [0.25, 0.3) is 34.1 Å². The summed E-state index contributed by atoms with van der Waals surface area (Å²) in [5, 5.41) is 16.4. The van der Waals surface area contributed by atoms with Gasteiger partial charge in [-0.3, -0.25) is 10.1 Å². The third-order valence-corrected chi connectivity index (χ3v) is 5.11. The van der Waals surface area contributed by atoms with E-state index < -0.39 is 4.92 Å². The lowest BCUT2D eigenvalue weighted by atomic mass is 10.1. The van der Waals surface area contributed by atoms with Crippen molar-refractivity contribution in [1.82, 2.24) is 9.97 Å². The number of nitro benzene ring substituents is 1. The van der Waals surface area contributed by atoms with E-state index in [0.29, 0.717) is 11.5 Å². The third kappa shape index (κ3) is 3.74. The Hall–Kier alpha value is -4.45. The van der Waals surface area contributed by atoms with Crippen LogP contribution in [0.5, 0.6) is 0 Å². The van der Waals surface area contributed by atoms with Gasteiger partial charge < -0.3 is 10.3 Å². The highest BCUT2D eigenvalue weighted by Gasteiger charge is 2.13. The molecule has 3 aromatic carbocycles. The van der Waals surface area contributed by atoms with E-state index in [4.69, 9.17) is 0 Å². The molecular formula is C25H18N4O2. The molecule has 0 aliphatic rings. The van der Waals surface area contributed by atoms with Gasteiger partial charge in [-0.25, -0.2) is 4.98 Å². The highest BCUT2D eigenvalue weighted by Crippen LogP contribution is 2.30. The fourth-order valence-electron chi connectivity index (χ4n) is 3.60. The van der Waals surface area contributed by atoms with Crippen molar-refractivity contribution in [2.75, 3.05) is 5.32 Å². The van der Waals surface area contributed by atoms with Crippen molar-refractivity contribution in [3.8, 4) is 0 Å². The molecule has 0 aliphatic heterocycles. The van der Waals surface area contributed by atoms with E-state index in [0.717, 1.165) is 33.1 Å². The second kappa shape index (κ2) is 7.76. The Morgan fingerprint density at radius 3 is 2.45 bits per heavy atom. The molecule has 2 heterocycles. The maximum Gasteiger partial charge on any atom is 0.292 e. The molecule has 2 aromatic heterocycles. The van der Waals surface area contributed by atoms with Crippen molar-refractivity contribution in [3.63, 3.8) is 0 Å². The predicted octanol–water partition coefficient (Wildman–Crippen LogP) is 6.54. The maximum absolute atomic E-state index is 11.3. The molecule has 0 spiro atoms. The number of pyridine rings is 1. The summed E-state index contributed by atoms with van der Waals surface area (Å²) in [6.45, 7) is 0. The highest BCUT2D eigenvalue weighted by atomic mass is 16.6. The van der Waals surface area contributed by atoms with E-state index in [1.807, 2.05) is 36.4 Å². The summed E-state index contributed by atoms with van der Waals surface area (Å²) in [5.74, 6) is 0.539.